The van der Waals surface area contributed by atoms with E-state index in [1.807, 2.05) is 13.8 Å². The van der Waals surface area contributed by atoms with Crippen LogP contribution in [0.2, 0.25) is 0 Å². The van der Waals surface area contributed by atoms with Crippen molar-refractivity contribution in [3.63, 3.8) is 0 Å². The van der Waals surface area contributed by atoms with Crippen molar-refractivity contribution in [2.45, 2.75) is 33.1 Å². The van der Waals surface area contributed by atoms with E-state index in [0.717, 1.165) is 0 Å². The summed E-state index contributed by atoms with van der Waals surface area (Å²) in [4.78, 5) is 21.4. The van der Waals surface area contributed by atoms with Crippen LogP contribution >= 0.6 is 0 Å². The standard InChI is InChI=1S/C13H17NO4/c1-8(2)6-11-5-4-10(9(3)13(15)16)7-12(11)14(17)18/h4-5,7-9H,6H2,1-3H3,(H,15,16). The highest BCUT2D eigenvalue weighted by molar-refractivity contribution is 5.76. The molecule has 18 heavy (non-hydrogen) atoms. The van der Waals surface area contributed by atoms with Gasteiger partial charge in [-0.15, -0.1) is 0 Å². The molecular formula is C13H17NO4. The number of carboxylic acid groups (broad SMARTS) is 1. The van der Waals surface area contributed by atoms with E-state index in [-0.39, 0.29) is 5.69 Å². The smallest absolute Gasteiger partial charge is 0.310 e. The van der Waals surface area contributed by atoms with Crippen molar-refractivity contribution >= 4 is 11.7 Å². The van der Waals surface area contributed by atoms with Crippen LogP contribution in [0.25, 0.3) is 0 Å². The molecule has 1 aromatic rings. The van der Waals surface area contributed by atoms with Crippen molar-refractivity contribution in [1.29, 1.82) is 0 Å². The fourth-order valence-corrected chi connectivity index (χ4v) is 1.78. The van der Waals surface area contributed by atoms with Gasteiger partial charge in [0.25, 0.3) is 5.69 Å². The molecule has 1 unspecified atom stereocenters. The zero-order chi connectivity index (χ0) is 13.9. The molecule has 0 saturated carbocycles. The molecule has 1 N–H and O–H groups in total. The molecule has 1 rings (SSSR count). The van der Waals surface area contributed by atoms with Crippen LogP contribution in [0, 0.1) is 16.0 Å². The Morgan fingerprint density at radius 3 is 2.44 bits per heavy atom. The van der Waals surface area contributed by atoms with Crippen LogP contribution in [0.15, 0.2) is 18.2 Å². The summed E-state index contributed by atoms with van der Waals surface area (Å²) in [6.45, 7) is 5.48. The summed E-state index contributed by atoms with van der Waals surface area (Å²) >= 11 is 0. The first-order valence-electron chi connectivity index (χ1n) is 5.83. The number of aliphatic carboxylic acids is 1. The highest BCUT2D eigenvalue weighted by atomic mass is 16.6. The highest BCUT2D eigenvalue weighted by Crippen LogP contribution is 2.26. The predicted octanol–water partition coefficient (Wildman–Crippen LogP) is 2.98. The summed E-state index contributed by atoms with van der Waals surface area (Å²) in [7, 11) is 0. The lowest BCUT2D eigenvalue weighted by Crippen LogP contribution is -2.09. The van der Waals surface area contributed by atoms with Gasteiger partial charge in [0.2, 0.25) is 0 Å². The lowest BCUT2D eigenvalue weighted by molar-refractivity contribution is -0.385. The summed E-state index contributed by atoms with van der Waals surface area (Å²) in [5.41, 5.74) is 1.12. The number of carboxylic acids is 1. The second-order valence-corrected chi connectivity index (χ2v) is 4.80. The van der Waals surface area contributed by atoms with E-state index in [0.29, 0.717) is 23.5 Å². The lowest BCUT2D eigenvalue weighted by atomic mass is 9.95. The van der Waals surface area contributed by atoms with Crippen LogP contribution in [0.1, 0.15) is 37.8 Å². The molecule has 0 aromatic heterocycles. The Morgan fingerprint density at radius 1 is 1.39 bits per heavy atom. The van der Waals surface area contributed by atoms with Gasteiger partial charge in [-0.3, -0.25) is 14.9 Å². The van der Waals surface area contributed by atoms with Gasteiger partial charge in [-0.25, -0.2) is 0 Å². The first-order valence-corrected chi connectivity index (χ1v) is 5.83. The molecule has 1 aromatic carbocycles. The molecule has 1 atom stereocenters. The second-order valence-electron chi connectivity index (χ2n) is 4.80. The van der Waals surface area contributed by atoms with Crippen LogP contribution < -0.4 is 0 Å². The Labute approximate surface area is 106 Å². The topological polar surface area (TPSA) is 80.4 Å². The number of hydrogen-bond donors (Lipinski definition) is 1. The molecule has 0 fully saturated rings. The van der Waals surface area contributed by atoms with E-state index < -0.39 is 16.8 Å². The minimum atomic E-state index is -0.985. The number of nitro groups is 1. The van der Waals surface area contributed by atoms with Crippen molar-refractivity contribution in [3.8, 4) is 0 Å². The van der Waals surface area contributed by atoms with Crippen molar-refractivity contribution in [2.24, 2.45) is 5.92 Å². The van der Waals surface area contributed by atoms with E-state index >= 15 is 0 Å². The molecular weight excluding hydrogens is 234 g/mol. The molecule has 0 radical (unpaired) electrons. The third kappa shape index (κ3) is 3.29. The number of nitro benzene ring substituents is 1. The predicted molar refractivity (Wildman–Crippen MR) is 67.7 cm³/mol. The minimum absolute atomic E-state index is 0.00861. The van der Waals surface area contributed by atoms with Gasteiger partial charge in [-0.1, -0.05) is 26.0 Å². The Balaban J connectivity index is 3.18. The first kappa shape index (κ1) is 14.2. The van der Waals surface area contributed by atoms with Gasteiger partial charge in [0.05, 0.1) is 10.8 Å². The van der Waals surface area contributed by atoms with Crippen LogP contribution in [0.5, 0.6) is 0 Å². The van der Waals surface area contributed by atoms with Crippen molar-refractivity contribution < 1.29 is 14.8 Å². The van der Waals surface area contributed by atoms with Gasteiger partial charge < -0.3 is 5.11 Å². The van der Waals surface area contributed by atoms with E-state index in [2.05, 4.69) is 0 Å². The largest absolute Gasteiger partial charge is 0.481 e. The van der Waals surface area contributed by atoms with Gasteiger partial charge in [0.15, 0.2) is 0 Å². The molecule has 0 aliphatic carbocycles. The zero-order valence-corrected chi connectivity index (χ0v) is 10.7. The lowest BCUT2D eigenvalue weighted by Gasteiger charge is -2.10. The maximum absolute atomic E-state index is 11.0. The third-order valence-corrected chi connectivity index (χ3v) is 2.80. The Bertz CT molecular complexity index is 468. The maximum atomic E-state index is 11.0. The van der Waals surface area contributed by atoms with E-state index in [9.17, 15) is 14.9 Å². The molecule has 0 heterocycles. The van der Waals surface area contributed by atoms with Gasteiger partial charge in [0, 0.05) is 11.6 Å². The Hall–Kier alpha value is -1.91. The third-order valence-electron chi connectivity index (χ3n) is 2.80. The number of nitrogens with zero attached hydrogens (tertiary/aromatic N) is 1. The number of rotatable bonds is 5. The number of hydrogen-bond acceptors (Lipinski definition) is 3. The molecule has 0 spiro atoms. The summed E-state index contributed by atoms with van der Waals surface area (Å²) in [5.74, 6) is -1.41. The van der Waals surface area contributed by atoms with Crippen molar-refractivity contribution in [3.05, 3.63) is 39.4 Å². The van der Waals surface area contributed by atoms with Crippen LogP contribution in [-0.4, -0.2) is 16.0 Å². The first-order chi connectivity index (χ1) is 8.32. The van der Waals surface area contributed by atoms with E-state index in [1.165, 1.54) is 13.0 Å². The van der Waals surface area contributed by atoms with Gasteiger partial charge in [0.1, 0.15) is 0 Å². The SMILES string of the molecule is CC(C)Cc1ccc(C(C)C(=O)O)cc1[N+](=O)[O-]. The molecule has 0 saturated heterocycles. The average molecular weight is 251 g/mol. The fourth-order valence-electron chi connectivity index (χ4n) is 1.78. The molecule has 5 heteroatoms. The molecule has 0 aliphatic rings. The summed E-state index contributed by atoms with van der Waals surface area (Å²) in [5, 5.41) is 19.9. The van der Waals surface area contributed by atoms with Gasteiger partial charge in [-0.05, 0) is 24.8 Å². The molecule has 98 valence electrons. The Kier molecular flexibility index (Phi) is 4.42. The van der Waals surface area contributed by atoms with Crippen molar-refractivity contribution in [2.75, 3.05) is 0 Å². The fraction of sp³-hybridized carbons (Fsp3) is 0.462. The van der Waals surface area contributed by atoms with E-state index in [4.69, 9.17) is 5.11 Å². The summed E-state index contributed by atoms with van der Waals surface area (Å²) < 4.78 is 0. The Morgan fingerprint density at radius 2 is 2.00 bits per heavy atom. The zero-order valence-electron chi connectivity index (χ0n) is 10.7. The molecule has 0 aliphatic heterocycles. The monoisotopic (exact) mass is 251 g/mol. The van der Waals surface area contributed by atoms with Crippen molar-refractivity contribution in [1.82, 2.24) is 0 Å². The number of carbonyl (C=O) groups is 1. The van der Waals surface area contributed by atoms with E-state index in [1.54, 1.807) is 12.1 Å². The highest BCUT2D eigenvalue weighted by Gasteiger charge is 2.20. The molecule has 0 bridgehead atoms. The molecule has 0 amide bonds. The minimum Gasteiger partial charge on any atom is -0.481 e. The van der Waals surface area contributed by atoms with Crippen LogP contribution in [-0.2, 0) is 11.2 Å². The molecule has 5 nitrogen and oxygen atoms in total. The quantitative estimate of drug-likeness (QED) is 0.644. The summed E-state index contributed by atoms with van der Waals surface area (Å²) in [6, 6.07) is 4.69. The van der Waals surface area contributed by atoms with Crippen LogP contribution in [0.3, 0.4) is 0 Å². The second kappa shape index (κ2) is 5.62. The van der Waals surface area contributed by atoms with Crippen LogP contribution in [0.4, 0.5) is 5.69 Å². The van der Waals surface area contributed by atoms with Gasteiger partial charge >= 0.3 is 5.97 Å². The summed E-state index contributed by atoms with van der Waals surface area (Å²) in [6.07, 6.45) is 0.609. The number of benzene rings is 1. The normalized spacial score (nSPS) is 12.4. The average Bonchev–Trinajstić information content (AvgIpc) is 2.27. The maximum Gasteiger partial charge on any atom is 0.310 e. The van der Waals surface area contributed by atoms with Gasteiger partial charge in [-0.2, -0.15) is 0 Å².